The zero-order valence-electron chi connectivity index (χ0n) is 18.5. The Balaban J connectivity index is 1.60. The molecule has 4 nitrogen and oxygen atoms in total. The summed E-state index contributed by atoms with van der Waals surface area (Å²) in [5, 5.41) is 0. The number of esters is 2. The summed E-state index contributed by atoms with van der Waals surface area (Å²) in [6.45, 7) is 10.3. The summed E-state index contributed by atoms with van der Waals surface area (Å²) in [6.07, 6.45) is 1.56. The number of halogens is 1. The lowest BCUT2D eigenvalue weighted by Crippen LogP contribution is -2.10. The molecule has 0 spiro atoms. The van der Waals surface area contributed by atoms with Gasteiger partial charge in [-0.2, -0.15) is 0 Å². The SMILES string of the molecule is C=C(C)C(=O)Oc1ccc(-c2ccc3c(c2)CCc2cc(OC(=O)C(=C)C)ccc2-3)c(F)c1. The number of fused-ring (bicyclic) bond motifs is 3. The number of benzene rings is 3. The van der Waals surface area contributed by atoms with Gasteiger partial charge in [-0.25, -0.2) is 14.0 Å². The fourth-order valence-corrected chi connectivity index (χ4v) is 3.79. The van der Waals surface area contributed by atoms with Crippen molar-refractivity contribution in [3.63, 3.8) is 0 Å². The average molecular weight is 442 g/mol. The van der Waals surface area contributed by atoms with Crippen molar-refractivity contribution in [3.8, 4) is 33.8 Å². The lowest BCUT2D eigenvalue weighted by Gasteiger charge is -2.21. The molecule has 3 aromatic carbocycles. The van der Waals surface area contributed by atoms with Gasteiger partial charge in [-0.05, 0) is 78.8 Å². The molecule has 1 aliphatic carbocycles. The van der Waals surface area contributed by atoms with E-state index in [0.717, 1.165) is 40.7 Å². The van der Waals surface area contributed by atoms with Crippen molar-refractivity contribution in [1.82, 2.24) is 0 Å². The summed E-state index contributed by atoms with van der Waals surface area (Å²) >= 11 is 0. The molecule has 0 N–H and O–H groups in total. The molecule has 0 aromatic heterocycles. The summed E-state index contributed by atoms with van der Waals surface area (Å²) < 4.78 is 25.3. The van der Waals surface area contributed by atoms with Gasteiger partial charge >= 0.3 is 11.9 Å². The highest BCUT2D eigenvalue weighted by atomic mass is 19.1. The summed E-state index contributed by atoms with van der Waals surface area (Å²) in [4.78, 5) is 23.5. The number of hydrogen-bond acceptors (Lipinski definition) is 4. The molecule has 0 aliphatic heterocycles. The van der Waals surface area contributed by atoms with Crippen molar-refractivity contribution in [1.29, 1.82) is 0 Å². The molecule has 0 saturated heterocycles. The molecule has 0 saturated carbocycles. The first-order chi connectivity index (χ1) is 15.7. The van der Waals surface area contributed by atoms with Crippen molar-refractivity contribution in [2.75, 3.05) is 0 Å². The second kappa shape index (κ2) is 8.87. The molecular weight excluding hydrogens is 419 g/mol. The van der Waals surface area contributed by atoms with Crippen LogP contribution in [0.4, 0.5) is 4.39 Å². The molecule has 1 aliphatic rings. The Hall–Kier alpha value is -3.99. The number of hydrogen-bond donors (Lipinski definition) is 0. The van der Waals surface area contributed by atoms with E-state index in [4.69, 9.17) is 9.47 Å². The van der Waals surface area contributed by atoms with Gasteiger partial charge in [-0.3, -0.25) is 0 Å². The standard InChI is InChI=1S/C28H23FO4/c1-16(2)27(30)32-21-8-11-24-20(14-21)6-5-18-13-19(7-10-23(18)24)25-12-9-22(15-26(25)29)33-28(31)17(3)4/h7-15H,1,3,5-6H2,2,4H3. The zero-order chi connectivity index (χ0) is 23.7. The Bertz CT molecular complexity index is 1320. The molecule has 0 amide bonds. The van der Waals surface area contributed by atoms with E-state index in [1.54, 1.807) is 25.1 Å². The Morgan fingerprint density at radius 2 is 1.21 bits per heavy atom. The van der Waals surface area contributed by atoms with Crippen LogP contribution in [0.3, 0.4) is 0 Å². The topological polar surface area (TPSA) is 52.6 Å². The quantitative estimate of drug-likeness (QED) is 0.267. The van der Waals surface area contributed by atoms with Crippen LogP contribution in [-0.2, 0) is 22.4 Å². The predicted octanol–water partition coefficient (Wildman–Crippen LogP) is 6.22. The van der Waals surface area contributed by atoms with Crippen LogP contribution >= 0.6 is 0 Å². The van der Waals surface area contributed by atoms with Crippen LogP contribution in [0.25, 0.3) is 22.3 Å². The summed E-state index contributed by atoms with van der Waals surface area (Å²) in [7, 11) is 0. The highest BCUT2D eigenvalue weighted by molar-refractivity contribution is 5.89. The maximum Gasteiger partial charge on any atom is 0.338 e. The Kier molecular flexibility index (Phi) is 5.97. The first kappa shape index (κ1) is 22.2. The fraction of sp³-hybridized carbons (Fsp3) is 0.143. The molecular formula is C28H23FO4. The van der Waals surface area contributed by atoms with Crippen LogP contribution in [0.1, 0.15) is 25.0 Å². The Morgan fingerprint density at radius 3 is 1.76 bits per heavy atom. The molecule has 5 heteroatoms. The van der Waals surface area contributed by atoms with Gasteiger partial charge in [0.15, 0.2) is 0 Å². The monoisotopic (exact) mass is 442 g/mol. The predicted molar refractivity (Wildman–Crippen MR) is 126 cm³/mol. The van der Waals surface area contributed by atoms with E-state index in [9.17, 15) is 14.0 Å². The van der Waals surface area contributed by atoms with Crippen molar-refractivity contribution >= 4 is 11.9 Å². The summed E-state index contributed by atoms with van der Waals surface area (Å²) in [5.74, 6) is -0.872. The van der Waals surface area contributed by atoms with Crippen LogP contribution in [0, 0.1) is 5.82 Å². The van der Waals surface area contributed by atoms with Crippen molar-refractivity contribution in [2.45, 2.75) is 26.7 Å². The largest absolute Gasteiger partial charge is 0.423 e. The highest BCUT2D eigenvalue weighted by Crippen LogP contribution is 2.38. The number of aryl methyl sites for hydroxylation is 2. The molecule has 0 bridgehead atoms. The third-order valence-electron chi connectivity index (χ3n) is 5.51. The minimum Gasteiger partial charge on any atom is -0.423 e. The van der Waals surface area contributed by atoms with E-state index in [0.29, 0.717) is 16.9 Å². The molecule has 0 heterocycles. The maximum absolute atomic E-state index is 14.8. The third kappa shape index (κ3) is 4.62. The molecule has 4 rings (SSSR count). The van der Waals surface area contributed by atoms with Gasteiger partial charge in [0, 0.05) is 22.8 Å². The van der Waals surface area contributed by atoms with Gasteiger partial charge in [0.1, 0.15) is 17.3 Å². The van der Waals surface area contributed by atoms with E-state index in [2.05, 4.69) is 13.2 Å². The Labute approximate surface area is 192 Å². The molecule has 3 aromatic rings. The van der Waals surface area contributed by atoms with Crippen LogP contribution < -0.4 is 9.47 Å². The van der Waals surface area contributed by atoms with Crippen LogP contribution in [0.15, 0.2) is 78.9 Å². The van der Waals surface area contributed by atoms with Crippen LogP contribution in [0.2, 0.25) is 0 Å². The van der Waals surface area contributed by atoms with E-state index < -0.39 is 17.8 Å². The first-order valence-electron chi connectivity index (χ1n) is 10.5. The van der Waals surface area contributed by atoms with Crippen molar-refractivity contribution in [2.24, 2.45) is 0 Å². The van der Waals surface area contributed by atoms with Gasteiger partial charge in [0.25, 0.3) is 0 Å². The zero-order valence-corrected chi connectivity index (χ0v) is 18.5. The molecule has 0 unspecified atom stereocenters. The lowest BCUT2D eigenvalue weighted by molar-refractivity contribution is -0.130. The second-order valence-electron chi connectivity index (χ2n) is 8.17. The summed E-state index contributed by atoms with van der Waals surface area (Å²) in [6, 6.07) is 15.8. The van der Waals surface area contributed by atoms with Crippen molar-refractivity contribution < 1.29 is 23.5 Å². The number of carbonyl (C=O) groups is 2. The Morgan fingerprint density at radius 1 is 0.727 bits per heavy atom. The third-order valence-corrected chi connectivity index (χ3v) is 5.51. The van der Waals surface area contributed by atoms with E-state index in [1.807, 2.05) is 30.3 Å². The van der Waals surface area contributed by atoms with Crippen LogP contribution in [-0.4, -0.2) is 11.9 Å². The molecule has 0 radical (unpaired) electrons. The van der Waals surface area contributed by atoms with Crippen LogP contribution in [0.5, 0.6) is 11.5 Å². The van der Waals surface area contributed by atoms with E-state index in [1.165, 1.54) is 13.0 Å². The van der Waals surface area contributed by atoms with Gasteiger partial charge in [-0.1, -0.05) is 37.4 Å². The fourth-order valence-electron chi connectivity index (χ4n) is 3.79. The number of rotatable bonds is 5. The van der Waals surface area contributed by atoms with Gasteiger partial charge in [-0.15, -0.1) is 0 Å². The minimum atomic E-state index is -0.591. The number of carbonyl (C=O) groups excluding carboxylic acids is 2. The van der Waals surface area contributed by atoms with Gasteiger partial charge < -0.3 is 9.47 Å². The average Bonchev–Trinajstić information content (AvgIpc) is 2.78. The molecule has 0 fully saturated rings. The molecule has 33 heavy (non-hydrogen) atoms. The molecule has 166 valence electrons. The van der Waals surface area contributed by atoms with E-state index >= 15 is 0 Å². The minimum absolute atomic E-state index is 0.138. The first-order valence-corrected chi connectivity index (χ1v) is 10.5. The molecule has 0 atom stereocenters. The van der Waals surface area contributed by atoms with E-state index in [-0.39, 0.29) is 11.3 Å². The lowest BCUT2D eigenvalue weighted by atomic mass is 9.84. The van der Waals surface area contributed by atoms with Crippen molar-refractivity contribution in [3.05, 3.63) is 95.8 Å². The highest BCUT2D eigenvalue weighted by Gasteiger charge is 2.19. The second-order valence-corrected chi connectivity index (χ2v) is 8.17. The summed E-state index contributed by atoms with van der Waals surface area (Å²) in [5.41, 5.74) is 6.13. The normalized spacial score (nSPS) is 11.7. The smallest absolute Gasteiger partial charge is 0.338 e. The maximum atomic E-state index is 14.8. The number of ether oxygens (including phenoxy) is 2. The van der Waals surface area contributed by atoms with Gasteiger partial charge in [0.2, 0.25) is 0 Å². The van der Waals surface area contributed by atoms with Gasteiger partial charge in [0.05, 0.1) is 0 Å².